The van der Waals surface area contributed by atoms with Crippen molar-refractivity contribution in [2.24, 2.45) is 0 Å². The summed E-state index contributed by atoms with van der Waals surface area (Å²) in [4.78, 5) is 24.2. The molecule has 1 atom stereocenters. The molecule has 0 fully saturated rings. The number of hydrogen-bond donors (Lipinski definition) is 2. The highest BCUT2D eigenvalue weighted by molar-refractivity contribution is 5.91. The highest BCUT2D eigenvalue weighted by atomic mass is 16.5. The fraction of sp³-hybridized carbons (Fsp3) is 0.462. The molecule has 2 rings (SSSR count). The van der Waals surface area contributed by atoms with Gasteiger partial charge in [-0.1, -0.05) is 62.9 Å². The zero-order chi connectivity index (χ0) is 22.3. The minimum absolute atomic E-state index is 0.0238. The number of carbonyl (C=O) groups is 2. The van der Waals surface area contributed by atoms with Gasteiger partial charge in [-0.15, -0.1) is 0 Å². The van der Waals surface area contributed by atoms with Crippen LogP contribution in [0.2, 0.25) is 0 Å². The molecule has 0 aliphatic carbocycles. The summed E-state index contributed by atoms with van der Waals surface area (Å²) in [7, 11) is 0. The first kappa shape index (κ1) is 24.4. The number of ether oxygens (including phenoxy) is 1. The van der Waals surface area contributed by atoms with E-state index in [-0.39, 0.29) is 17.9 Å². The Hall–Kier alpha value is -2.82. The molecule has 2 amide bonds. The molecule has 0 bridgehead atoms. The van der Waals surface area contributed by atoms with E-state index in [1.165, 1.54) is 19.3 Å². The molecule has 0 aliphatic heterocycles. The van der Waals surface area contributed by atoms with E-state index < -0.39 is 0 Å². The lowest BCUT2D eigenvalue weighted by molar-refractivity contribution is -0.122. The maximum Gasteiger partial charge on any atom is 0.224 e. The molecule has 2 aromatic carbocycles. The smallest absolute Gasteiger partial charge is 0.224 e. The van der Waals surface area contributed by atoms with Crippen LogP contribution in [0.25, 0.3) is 0 Å². The van der Waals surface area contributed by atoms with Crippen molar-refractivity contribution in [2.75, 3.05) is 5.32 Å². The number of benzene rings is 2. The van der Waals surface area contributed by atoms with Crippen molar-refractivity contribution in [2.45, 2.75) is 77.9 Å². The van der Waals surface area contributed by atoms with Crippen molar-refractivity contribution in [3.05, 3.63) is 60.2 Å². The van der Waals surface area contributed by atoms with Gasteiger partial charge in [-0.3, -0.25) is 9.59 Å². The maximum absolute atomic E-state index is 12.1. The summed E-state index contributed by atoms with van der Waals surface area (Å²) < 4.78 is 5.75. The molecule has 0 radical (unpaired) electrons. The van der Waals surface area contributed by atoms with E-state index in [1.54, 1.807) is 0 Å². The van der Waals surface area contributed by atoms with Crippen LogP contribution in [-0.4, -0.2) is 17.9 Å². The van der Waals surface area contributed by atoms with Crippen molar-refractivity contribution < 1.29 is 14.3 Å². The molecule has 2 N–H and O–H groups in total. The van der Waals surface area contributed by atoms with E-state index in [2.05, 4.69) is 17.6 Å². The molecular formula is C26H36N2O3. The van der Waals surface area contributed by atoms with E-state index in [0.29, 0.717) is 25.9 Å². The third-order valence-corrected chi connectivity index (χ3v) is 5.09. The van der Waals surface area contributed by atoms with Crippen molar-refractivity contribution >= 4 is 17.5 Å². The molecule has 0 unspecified atom stereocenters. The van der Waals surface area contributed by atoms with E-state index in [9.17, 15) is 9.59 Å². The highest BCUT2D eigenvalue weighted by Crippen LogP contribution is 2.17. The Balaban J connectivity index is 1.60. The third kappa shape index (κ3) is 10.7. The van der Waals surface area contributed by atoms with Gasteiger partial charge in [0.05, 0.1) is 0 Å². The van der Waals surface area contributed by atoms with E-state index >= 15 is 0 Å². The van der Waals surface area contributed by atoms with Crippen LogP contribution in [0.4, 0.5) is 5.69 Å². The van der Waals surface area contributed by atoms with Gasteiger partial charge in [-0.05, 0) is 49.6 Å². The van der Waals surface area contributed by atoms with Crippen LogP contribution in [0, 0.1) is 0 Å². The second-order valence-electron chi connectivity index (χ2n) is 8.02. The zero-order valence-electron chi connectivity index (χ0n) is 18.9. The monoisotopic (exact) mass is 424 g/mol. The normalized spacial score (nSPS) is 11.5. The first-order valence-electron chi connectivity index (χ1n) is 11.4. The summed E-state index contributed by atoms with van der Waals surface area (Å²) in [6.45, 7) is 4.74. The molecule has 0 heterocycles. The van der Waals surface area contributed by atoms with Gasteiger partial charge in [-0.25, -0.2) is 0 Å². The van der Waals surface area contributed by atoms with Crippen molar-refractivity contribution in [3.63, 3.8) is 0 Å². The molecule has 0 saturated carbocycles. The molecule has 0 aliphatic rings. The van der Waals surface area contributed by atoms with Gasteiger partial charge in [0.2, 0.25) is 11.8 Å². The van der Waals surface area contributed by atoms with Crippen LogP contribution >= 0.6 is 0 Å². The molecule has 31 heavy (non-hydrogen) atoms. The van der Waals surface area contributed by atoms with Crippen LogP contribution in [0.3, 0.4) is 0 Å². The summed E-state index contributed by atoms with van der Waals surface area (Å²) in [6, 6.07) is 17.5. The molecule has 0 saturated heterocycles. The fourth-order valence-electron chi connectivity index (χ4n) is 3.30. The Morgan fingerprint density at radius 3 is 2.29 bits per heavy atom. The summed E-state index contributed by atoms with van der Waals surface area (Å²) >= 11 is 0. The largest absolute Gasteiger partial charge is 0.489 e. The van der Waals surface area contributed by atoms with E-state index in [0.717, 1.165) is 29.8 Å². The van der Waals surface area contributed by atoms with Gasteiger partial charge in [-0.2, -0.15) is 0 Å². The summed E-state index contributed by atoms with van der Waals surface area (Å²) in [5.74, 6) is 0.691. The number of carbonyl (C=O) groups excluding carboxylic acids is 2. The van der Waals surface area contributed by atoms with Gasteiger partial charge in [0.1, 0.15) is 12.4 Å². The minimum Gasteiger partial charge on any atom is -0.489 e. The molecule has 0 spiro atoms. The topological polar surface area (TPSA) is 67.4 Å². The lowest BCUT2D eigenvalue weighted by Gasteiger charge is -2.13. The molecule has 2 aromatic rings. The lowest BCUT2D eigenvalue weighted by atomic mass is 10.1. The predicted molar refractivity (Wildman–Crippen MR) is 126 cm³/mol. The quantitative estimate of drug-likeness (QED) is 0.374. The van der Waals surface area contributed by atoms with Gasteiger partial charge >= 0.3 is 0 Å². The van der Waals surface area contributed by atoms with Gasteiger partial charge in [0.15, 0.2) is 0 Å². The first-order valence-corrected chi connectivity index (χ1v) is 11.4. The Morgan fingerprint density at radius 1 is 0.871 bits per heavy atom. The highest BCUT2D eigenvalue weighted by Gasteiger charge is 2.09. The molecular weight excluding hydrogens is 388 g/mol. The molecule has 168 valence electrons. The van der Waals surface area contributed by atoms with Crippen LogP contribution < -0.4 is 15.4 Å². The minimum atomic E-state index is -0.0848. The number of nitrogens with one attached hydrogen (secondary N) is 2. The molecule has 5 heteroatoms. The van der Waals surface area contributed by atoms with Crippen molar-refractivity contribution in [1.29, 1.82) is 0 Å². The zero-order valence-corrected chi connectivity index (χ0v) is 18.9. The van der Waals surface area contributed by atoms with Crippen molar-refractivity contribution in [1.82, 2.24) is 5.32 Å². The number of amides is 2. The summed E-state index contributed by atoms with van der Waals surface area (Å²) in [6.07, 6.45) is 7.08. The van der Waals surface area contributed by atoms with Gasteiger partial charge in [0.25, 0.3) is 0 Å². The lowest BCUT2D eigenvalue weighted by Crippen LogP contribution is -2.32. The van der Waals surface area contributed by atoms with E-state index in [4.69, 9.17) is 4.74 Å². The number of hydrogen-bond acceptors (Lipinski definition) is 3. The molecule has 5 nitrogen and oxygen atoms in total. The Bertz CT molecular complexity index is 775. The standard InChI is InChI=1S/C26H36N2O3/c1-3-4-5-7-11-21(2)27-25(29)14-10-15-26(30)28-23-16-18-24(19-17-23)31-20-22-12-8-6-9-13-22/h6,8-9,12-13,16-19,21H,3-5,7,10-11,14-15,20H2,1-2H3,(H,27,29)(H,28,30)/t21-/m0/s1. The third-order valence-electron chi connectivity index (χ3n) is 5.09. The number of anilines is 1. The number of rotatable bonds is 14. The van der Waals surface area contributed by atoms with Crippen molar-refractivity contribution in [3.8, 4) is 5.75 Å². The summed E-state index contributed by atoms with van der Waals surface area (Å²) in [5, 5.41) is 5.90. The number of unbranched alkanes of at least 4 members (excludes halogenated alkanes) is 3. The van der Waals surface area contributed by atoms with Gasteiger partial charge < -0.3 is 15.4 Å². The van der Waals surface area contributed by atoms with Gasteiger partial charge in [0, 0.05) is 24.6 Å². The fourth-order valence-corrected chi connectivity index (χ4v) is 3.30. The van der Waals surface area contributed by atoms with Crippen LogP contribution in [-0.2, 0) is 16.2 Å². The Kier molecular flexibility index (Phi) is 11.2. The van der Waals surface area contributed by atoms with E-state index in [1.807, 2.05) is 61.5 Å². The summed E-state index contributed by atoms with van der Waals surface area (Å²) in [5.41, 5.74) is 1.83. The Morgan fingerprint density at radius 2 is 1.58 bits per heavy atom. The second-order valence-corrected chi connectivity index (χ2v) is 8.02. The van der Waals surface area contributed by atoms with Crippen LogP contribution in [0.5, 0.6) is 5.75 Å². The SMILES string of the molecule is CCCCCC[C@H](C)NC(=O)CCCC(=O)Nc1ccc(OCc2ccccc2)cc1. The predicted octanol–water partition coefficient (Wildman–Crippen LogP) is 5.85. The maximum atomic E-state index is 12.1. The van der Waals surface area contributed by atoms with Crippen LogP contribution in [0.15, 0.2) is 54.6 Å². The average molecular weight is 425 g/mol. The first-order chi connectivity index (χ1) is 15.1. The second kappa shape index (κ2) is 14.2. The average Bonchev–Trinajstić information content (AvgIpc) is 2.77. The Labute approximate surface area is 186 Å². The van der Waals surface area contributed by atoms with Crippen LogP contribution in [0.1, 0.15) is 70.8 Å². The molecule has 0 aromatic heterocycles.